The fourth-order valence-electron chi connectivity index (χ4n) is 2.67. The summed E-state index contributed by atoms with van der Waals surface area (Å²) in [6.45, 7) is 6.51. The molecule has 2 aromatic heterocycles. The van der Waals surface area contributed by atoms with Crippen molar-refractivity contribution in [1.29, 1.82) is 0 Å². The predicted molar refractivity (Wildman–Crippen MR) is 89.4 cm³/mol. The van der Waals surface area contributed by atoms with Crippen molar-refractivity contribution >= 4 is 38.7 Å². The maximum atomic E-state index is 11.1. The molecule has 2 heterocycles. The maximum Gasteiger partial charge on any atom is 0.309 e. The first-order valence-electron chi connectivity index (χ1n) is 7.07. The molecule has 0 aliphatic heterocycles. The number of carboxylic acids is 1. The zero-order valence-electron chi connectivity index (χ0n) is 13.0. The Kier molecular flexibility index (Phi) is 3.32. The molecule has 5 nitrogen and oxygen atoms in total. The van der Waals surface area contributed by atoms with Crippen LogP contribution in [0, 0.1) is 0 Å². The Balaban J connectivity index is 2.33. The number of aromatic nitrogens is 3. The van der Waals surface area contributed by atoms with Gasteiger partial charge in [0.25, 0.3) is 0 Å². The number of imidazole rings is 2. The molecule has 0 aliphatic rings. The van der Waals surface area contributed by atoms with Gasteiger partial charge < -0.3 is 9.67 Å². The normalized spacial score (nSPS) is 12.4. The number of rotatable bonds is 2. The third-order valence-corrected chi connectivity index (χ3v) is 4.77. The smallest absolute Gasteiger partial charge is 0.309 e. The maximum absolute atomic E-state index is 11.1. The first-order chi connectivity index (χ1) is 10.2. The number of carbonyl (C=O) groups is 1. The fraction of sp³-hybridized carbons (Fsp3) is 0.375. The van der Waals surface area contributed by atoms with Gasteiger partial charge in [0, 0.05) is 7.05 Å². The van der Waals surface area contributed by atoms with Crippen LogP contribution in [0.5, 0.6) is 0 Å². The molecule has 0 aliphatic carbocycles. The van der Waals surface area contributed by atoms with E-state index in [1.807, 2.05) is 22.1 Å². The number of nitrogens with zero attached hydrogens (tertiary/aromatic N) is 3. The van der Waals surface area contributed by atoms with Gasteiger partial charge in [-0.15, -0.1) is 0 Å². The van der Waals surface area contributed by atoms with E-state index in [0.717, 1.165) is 21.4 Å². The lowest BCUT2D eigenvalue weighted by Gasteiger charge is -2.18. The number of aryl methyl sites for hydroxylation is 1. The van der Waals surface area contributed by atoms with Crippen molar-refractivity contribution in [3.63, 3.8) is 0 Å². The van der Waals surface area contributed by atoms with Crippen molar-refractivity contribution in [3.05, 3.63) is 34.1 Å². The van der Waals surface area contributed by atoms with Gasteiger partial charge in [0.15, 0.2) is 0 Å². The van der Waals surface area contributed by atoms with Gasteiger partial charge in [-0.05, 0) is 39.0 Å². The van der Waals surface area contributed by atoms with Gasteiger partial charge in [-0.25, -0.2) is 4.98 Å². The van der Waals surface area contributed by atoms with Crippen molar-refractivity contribution in [2.45, 2.75) is 32.6 Å². The van der Waals surface area contributed by atoms with Crippen LogP contribution in [0.3, 0.4) is 0 Å². The molecule has 1 aromatic carbocycles. The number of benzene rings is 1. The minimum absolute atomic E-state index is 0.0408. The molecule has 0 saturated carbocycles. The molecule has 0 bridgehead atoms. The average molecular weight is 364 g/mol. The monoisotopic (exact) mass is 363 g/mol. The second-order valence-electron chi connectivity index (χ2n) is 6.57. The quantitative estimate of drug-likeness (QED) is 0.757. The molecule has 3 aromatic rings. The van der Waals surface area contributed by atoms with Crippen LogP contribution in [0.15, 0.2) is 22.8 Å². The lowest BCUT2D eigenvalue weighted by Crippen LogP contribution is -2.10. The third kappa shape index (κ3) is 2.22. The van der Waals surface area contributed by atoms with E-state index in [2.05, 4.69) is 53.8 Å². The highest BCUT2D eigenvalue weighted by molar-refractivity contribution is 9.10. The number of hydrogen-bond donors (Lipinski definition) is 1. The summed E-state index contributed by atoms with van der Waals surface area (Å²) < 4.78 is 4.55. The molecule has 0 unspecified atom stereocenters. The molecule has 0 saturated heterocycles. The van der Waals surface area contributed by atoms with Crippen molar-refractivity contribution in [2.75, 3.05) is 0 Å². The van der Waals surface area contributed by atoms with E-state index in [-0.39, 0.29) is 11.8 Å². The highest BCUT2D eigenvalue weighted by Crippen LogP contribution is 2.30. The van der Waals surface area contributed by atoms with Crippen LogP contribution in [-0.2, 0) is 23.7 Å². The van der Waals surface area contributed by atoms with Crippen LogP contribution in [0.4, 0.5) is 0 Å². The molecule has 0 radical (unpaired) electrons. The molecule has 0 amide bonds. The van der Waals surface area contributed by atoms with Crippen LogP contribution in [0.1, 0.15) is 32.0 Å². The first-order valence-corrected chi connectivity index (χ1v) is 7.87. The molecule has 116 valence electrons. The number of hydrogen-bond acceptors (Lipinski definition) is 2. The molecule has 6 heteroatoms. The molecular formula is C16H18BrN3O2. The summed E-state index contributed by atoms with van der Waals surface area (Å²) in [6.07, 6.45) is -0.0408. The summed E-state index contributed by atoms with van der Waals surface area (Å²) in [6, 6.07) is 6.25. The van der Waals surface area contributed by atoms with Gasteiger partial charge in [0.2, 0.25) is 5.78 Å². The SMILES string of the molecule is Cn1c(CC(=O)O)c(Br)n2c3cc(C(C)(C)C)ccc3nc12. The Hall–Kier alpha value is -1.82. The van der Waals surface area contributed by atoms with Gasteiger partial charge >= 0.3 is 5.97 Å². The van der Waals surface area contributed by atoms with E-state index in [0.29, 0.717) is 5.69 Å². The number of halogens is 1. The minimum atomic E-state index is -0.857. The van der Waals surface area contributed by atoms with Crippen molar-refractivity contribution in [2.24, 2.45) is 7.05 Å². The van der Waals surface area contributed by atoms with Crippen LogP contribution in [0.2, 0.25) is 0 Å². The molecule has 0 spiro atoms. The standard InChI is InChI=1S/C16H18BrN3O2/c1-16(2,3)9-5-6-10-11(7-9)20-14(17)12(8-13(21)22)19(4)15(20)18-10/h5-7H,8H2,1-4H3,(H,21,22). The Morgan fingerprint density at radius 1 is 1.36 bits per heavy atom. The van der Waals surface area contributed by atoms with E-state index in [9.17, 15) is 4.79 Å². The topological polar surface area (TPSA) is 59.5 Å². The fourth-order valence-corrected chi connectivity index (χ4v) is 3.43. The summed E-state index contributed by atoms with van der Waals surface area (Å²) >= 11 is 3.55. The second-order valence-corrected chi connectivity index (χ2v) is 7.32. The van der Waals surface area contributed by atoms with E-state index in [1.165, 1.54) is 5.56 Å². The number of carboxylic acid groups (broad SMARTS) is 1. The highest BCUT2D eigenvalue weighted by Gasteiger charge is 2.21. The van der Waals surface area contributed by atoms with Gasteiger partial charge in [-0.1, -0.05) is 26.8 Å². The molecule has 0 fully saturated rings. The first kappa shape index (κ1) is 15.1. The number of fused-ring (bicyclic) bond motifs is 3. The zero-order valence-corrected chi connectivity index (χ0v) is 14.6. The Morgan fingerprint density at radius 3 is 2.64 bits per heavy atom. The van der Waals surface area contributed by atoms with E-state index in [4.69, 9.17) is 5.11 Å². The molecule has 3 rings (SSSR count). The van der Waals surface area contributed by atoms with Crippen LogP contribution in [-0.4, -0.2) is 25.0 Å². The van der Waals surface area contributed by atoms with Gasteiger partial charge in [0.1, 0.15) is 4.60 Å². The lowest BCUT2D eigenvalue weighted by atomic mass is 9.87. The highest BCUT2D eigenvalue weighted by atomic mass is 79.9. The summed E-state index contributed by atoms with van der Waals surface area (Å²) in [5.41, 5.74) is 3.86. The summed E-state index contributed by atoms with van der Waals surface area (Å²) in [5, 5.41) is 9.08. The second kappa shape index (κ2) is 4.84. The lowest BCUT2D eigenvalue weighted by molar-refractivity contribution is -0.136. The summed E-state index contributed by atoms with van der Waals surface area (Å²) in [7, 11) is 1.84. The van der Waals surface area contributed by atoms with E-state index < -0.39 is 5.97 Å². The van der Waals surface area contributed by atoms with Gasteiger partial charge in [-0.2, -0.15) is 0 Å². The predicted octanol–water partition coefficient (Wildman–Crippen LogP) is 3.51. The van der Waals surface area contributed by atoms with Crippen LogP contribution in [0.25, 0.3) is 16.8 Å². The zero-order chi connectivity index (χ0) is 16.2. The van der Waals surface area contributed by atoms with Gasteiger partial charge in [0.05, 0.1) is 23.1 Å². The van der Waals surface area contributed by atoms with Crippen molar-refractivity contribution < 1.29 is 9.90 Å². The number of aliphatic carboxylic acids is 1. The van der Waals surface area contributed by atoms with Crippen molar-refractivity contribution in [1.82, 2.24) is 14.0 Å². The Morgan fingerprint density at radius 2 is 2.05 bits per heavy atom. The summed E-state index contributed by atoms with van der Waals surface area (Å²) in [4.78, 5) is 15.7. The van der Waals surface area contributed by atoms with E-state index >= 15 is 0 Å². The van der Waals surface area contributed by atoms with Crippen LogP contribution < -0.4 is 0 Å². The minimum Gasteiger partial charge on any atom is -0.481 e. The third-order valence-electron chi connectivity index (χ3n) is 3.96. The van der Waals surface area contributed by atoms with Gasteiger partial charge in [-0.3, -0.25) is 9.20 Å². The van der Waals surface area contributed by atoms with E-state index in [1.54, 1.807) is 0 Å². The largest absolute Gasteiger partial charge is 0.481 e. The van der Waals surface area contributed by atoms with Crippen molar-refractivity contribution in [3.8, 4) is 0 Å². The average Bonchev–Trinajstić information content (AvgIpc) is 2.89. The summed E-state index contributed by atoms with van der Waals surface area (Å²) in [5.74, 6) is -0.117. The Bertz CT molecular complexity index is 900. The molecular weight excluding hydrogens is 346 g/mol. The van der Waals surface area contributed by atoms with Crippen LogP contribution >= 0.6 is 15.9 Å². The Labute approximate surface area is 136 Å². The molecule has 22 heavy (non-hydrogen) atoms. The molecule has 1 N–H and O–H groups in total. The molecule has 0 atom stereocenters.